The summed E-state index contributed by atoms with van der Waals surface area (Å²) in [5, 5.41) is 21.7. The molecular weight excluding hydrogens is 496 g/mol. The Balaban J connectivity index is 1.53. The molecule has 0 heterocycles. The molecule has 0 saturated heterocycles. The van der Waals surface area contributed by atoms with Crippen LogP contribution in [-0.2, 0) is 18.0 Å². The summed E-state index contributed by atoms with van der Waals surface area (Å²) in [6, 6.07) is 22.0. The normalized spacial score (nSPS) is 10.7. The molecule has 4 aromatic rings. The molecule has 0 aliphatic rings. The molecule has 0 fully saturated rings. The Labute approximate surface area is 227 Å². The Bertz CT molecular complexity index is 1510. The number of hydrogen-bond donors (Lipinski definition) is 2. The Hall–Kier alpha value is -4.78. The van der Waals surface area contributed by atoms with Crippen LogP contribution in [0.5, 0.6) is 23.0 Å². The molecule has 7 nitrogen and oxygen atoms in total. The van der Waals surface area contributed by atoms with Crippen molar-refractivity contribution in [3.8, 4) is 23.0 Å². The van der Waals surface area contributed by atoms with Gasteiger partial charge in [-0.05, 0) is 62.1 Å². The quantitative estimate of drug-likeness (QED) is 0.200. The second-order valence-electron chi connectivity index (χ2n) is 9.31. The summed E-state index contributed by atoms with van der Waals surface area (Å²) in [6.07, 6.45) is 0. The molecule has 0 radical (unpaired) electrons. The second kappa shape index (κ2) is 11.7. The molecule has 0 aliphatic carbocycles. The van der Waals surface area contributed by atoms with Gasteiger partial charge >= 0.3 is 11.9 Å². The van der Waals surface area contributed by atoms with Crippen molar-refractivity contribution in [3.63, 3.8) is 0 Å². The lowest BCUT2D eigenvalue weighted by Gasteiger charge is -2.17. The Morgan fingerprint density at radius 2 is 1.10 bits per heavy atom. The molecule has 0 unspecified atom stereocenters. The van der Waals surface area contributed by atoms with E-state index in [1.807, 2.05) is 60.7 Å². The fourth-order valence-corrected chi connectivity index (χ4v) is 4.19. The van der Waals surface area contributed by atoms with Gasteiger partial charge in [0.15, 0.2) is 0 Å². The molecule has 200 valence electrons. The van der Waals surface area contributed by atoms with Crippen molar-refractivity contribution in [3.05, 3.63) is 117 Å². The molecule has 7 heteroatoms. The van der Waals surface area contributed by atoms with Crippen LogP contribution in [0.15, 0.2) is 72.8 Å². The van der Waals surface area contributed by atoms with E-state index in [2.05, 4.69) is 0 Å². The van der Waals surface area contributed by atoms with Crippen molar-refractivity contribution in [2.75, 3.05) is 0 Å². The Morgan fingerprint density at radius 1 is 0.641 bits per heavy atom. The maximum absolute atomic E-state index is 13.2. The molecule has 0 bridgehead atoms. The van der Waals surface area contributed by atoms with Gasteiger partial charge < -0.3 is 24.4 Å². The first-order valence-corrected chi connectivity index (χ1v) is 12.4. The predicted molar refractivity (Wildman–Crippen MR) is 146 cm³/mol. The zero-order valence-corrected chi connectivity index (χ0v) is 22.3. The van der Waals surface area contributed by atoms with Gasteiger partial charge in [-0.25, -0.2) is 9.59 Å². The number of hydrogen-bond acceptors (Lipinski definition) is 7. The monoisotopic (exact) mass is 526 g/mol. The van der Waals surface area contributed by atoms with Crippen molar-refractivity contribution in [2.45, 2.75) is 40.9 Å². The van der Waals surface area contributed by atoms with Crippen molar-refractivity contribution in [2.24, 2.45) is 0 Å². The highest BCUT2D eigenvalue weighted by Gasteiger charge is 2.25. The standard InChI is InChI=1S/C32H30O7/c1-19-15-25(37-17-23-11-7-5-8-12-23)21(3)29(33)28(19)32(36)39-26-16-20(2)27(30(34)22(26)4)31(35)38-18-24-13-9-6-10-14-24/h5-16,33-34H,17-18H2,1-4H3. The highest BCUT2D eigenvalue weighted by molar-refractivity contribution is 5.98. The number of esters is 2. The number of aromatic hydroxyl groups is 2. The second-order valence-corrected chi connectivity index (χ2v) is 9.31. The van der Waals surface area contributed by atoms with Crippen LogP contribution in [-0.4, -0.2) is 22.2 Å². The summed E-state index contributed by atoms with van der Waals surface area (Å²) >= 11 is 0. The van der Waals surface area contributed by atoms with Gasteiger partial charge in [0, 0.05) is 11.1 Å². The third kappa shape index (κ3) is 6.04. The summed E-state index contributed by atoms with van der Waals surface area (Å²) in [7, 11) is 0. The molecule has 4 rings (SSSR count). The van der Waals surface area contributed by atoms with Gasteiger partial charge in [-0.2, -0.15) is 0 Å². The van der Waals surface area contributed by atoms with Crippen LogP contribution < -0.4 is 9.47 Å². The van der Waals surface area contributed by atoms with Crippen LogP contribution in [0.4, 0.5) is 0 Å². The van der Waals surface area contributed by atoms with E-state index in [9.17, 15) is 19.8 Å². The summed E-state index contributed by atoms with van der Waals surface area (Å²) in [4.78, 5) is 25.9. The number of benzene rings is 4. The van der Waals surface area contributed by atoms with Crippen molar-refractivity contribution >= 4 is 11.9 Å². The van der Waals surface area contributed by atoms with E-state index < -0.39 is 11.9 Å². The third-order valence-electron chi connectivity index (χ3n) is 6.47. The van der Waals surface area contributed by atoms with Crippen LogP contribution >= 0.6 is 0 Å². The van der Waals surface area contributed by atoms with Gasteiger partial charge in [0.1, 0.15) is 47.3 Å². The van der Waals surface area contributed by atoms with Crippen LogP contribution in [0, 0.1) is 27.7 Å². The number of carbonyl (C=O) groups excluding carboxylic acids is 2. The lowest BCUT2D eigenvalue weighted by atomic mass is 10.0. The molecule has 0 saturated carbocycles. The van der Waals surface area contributed by atoms with Gasteiger partial charge in [-0.15, -0.1) is 0 Å². The number of phenols is 2. The largest absolute Gasteiger partial charge is 0.507 e. The van der Waals surface area contributed by atoms with E-state index in [0.717, 1.165) is 11.1 Å². The van der Waals surface area contributed by atoms with Crippen LogP contribution in [0.2, 0.25) is 0 Å². The number of rotatable bonds is 8. The molecule has 0 atom stereocenters. The number of phenolic OH excluding ortho intramolecular Hbond substituents is 2. The number of aryl methyl sites for hydroxylation is 2. The fraction of sp³-hybridized carbons (Fsp3) is 0.188. The zero-order chi connectivity index (χ0) is 28.1. The van der Waals surface area contributed by atoms with Gasteiger partial charge in [0.2, 0.25) is 0 Å². The van der Waals surface area contributed by atoms with E-state index in [0.29, 0.717) is 29.0 Å². The SMILES string of the molecule is Cc1cc(OCc2ccccc2)c(C)c(O)c1C(=O)Oc1cc(C)c(C(=O)OCc2ccccc2)c(O)c1C. The average molecular weight is 527 g/mol. The fourth-order valence-electron chi connectivity index (χ4n) is 4.19. The van der Waals surface area contributed by atoms with Gasteiger partial charge in [0.25, 0.3) is 0 Å². The third-order valence-corrected chi connectivity index (χ3v) is 6.47. The molecule has 39 heavy (non-hydrogen) atoms. The van der Waals surface area contributed by atoms with Crippen LogP contribution in [0.25, 0.3) is 0 Å². The summed E-state index contributed by atoms with van der Waals surface area (Å²) in [6.45, 7) is 6.83. The topological polar surface area (TPSA) is 102 Å². The molecule has 4 aromatic carbocycles. The minimum absolute atomic E-state index is 0.00183. The highest BCUT2D eigenvalue weighted by Crippen LogP contribution is 2.37. The van der Waals surface area contributed by atoms with Gasteiger partial charge in [-0.3, -0.25) is 0 Å². The summed E-state index contributed by atoms with van der Waals surface area (Å²) in [5.41, 5.74) is 3.20. The maximum atomic E-state index is 13.2. The molecule has 0 spiro atoms. The van der Waals surface area contributed by atoms with E-state index in [1.165, 1.54) is 13.0 Å². The van der Waals surface area contributed by atoms with E-state index in [4.69, 9.17) is 14.2 Å². The first-order valence-electron chi connectivity index (χ1n) is 12.4. The average Bonchev–Trinajstić information content (AvgIpc) is 2.93. The Morgan fingerprint density at radius 3 is 1.67 bits per heavy atom. The molecular formula is C32H30O7. The van der Waals surface area contributed by atoms with Gasteiger partial charge in [0.05, 0.1) is 0 Å². The lowest BCUT2D eigenvalue weighted by Crippen LogP contribution is -2.14. The van der Waals surface area contributed by atoms with E-state index in [1.54, 1.807) is 26.8 Å². The molecule has 0 amide bonds. The number of ether oxygens (including phenoxy) is 3. The minimum atomic E-state index is -0.802. The van der Waals surface area contributed by atoms with Crippen molar-refractivity contribution in [1.82, 2.24) is 0 Å². The minimum Gasteiger partial charge on any atom is -0.507 e. The summed E-state index contributed by atoms with van der Waals surface area (Å²) < 4.78 is 16.8. The van der Waals surface area contributed by atoms with Gasteiger partial charge in [-0.1, -0.05) is 60.7 Å². The van der Waals surface area contributed by atoms with Crippen LogP contribution in [0.3, 0.4) is 0 Å². The molecule has 2 N–H and O–H groups in total. The van der Waals surface area contributed by atoms with Crippen molar-refractivity contribution in [1.29, 1.82) is 0 Å². The predicted octanol–water partition coefficient (Wildman–Crippen LogP) is 6.49. The van der Waals surface area contributed by atoms with E-state index in [-0.39, 0.29) is 40.5 Å². The molecule has 0 aliphatic heterocycles. The maximum Gasteiger partial charge on any atom is 0.347 e. The summed E-state index contributed by atoms with van der Waals surface area (Å²) in [5.74, 6) is -1.56. The van der Waals surface area contributed by atoms with Crippen molar-refractivity contribution < 1.29 is 34.0 Å². The Kier molecular flexibility index (Phi) is 8.20. The first-order chi connectivity index (χ1) is 18.7. The first kappa shape index (κ1) is 27.3. The van der Waals surface area contributed by atoms with E-state index >= 15 is 0 Å². The lowest BCUT2D eigenvalue weighted by molar-refractivity contribution is 0.0468. The number of carbonyl (C=O) groups is 2. The molecule has 0 aromatic heterocycles. The smallest absolute Gasteiger partial charge is 0.347 e. The zero-order valence-electron chi connectivity index (χ0n) is 22.3. The van der Waals surface area contributed by atoms with Crippen LogP contribution in [0.1, 0.15) is 54.1 Å². The highest BCUT2D eigenvalue weighted by atomic mass is 16.5.